The van der Waals surface area contributed by atoms with Gasteiger partial charge in [-0.05, 0) is 41.7 Å². The van der Waals surface area contributed by atoms with Crippen molar-refractivity contribution in [3.05, 3.63) is 71.8 Å². The van der Waals surface area contributed by atoms with E-state index in [1.54, 1.807) is 7.11 Å². The summed E-state index contributed by atoms with van der Waals surface area (Å²) in [7, 11) is 1.69. The van der Waals surface area contributed by atoms with E-state index >= 15 is 0 Å². The van der Waals surface area contributed by atoms with Crippen LogP contribution in [0.25, 0.3) is 0 Å². The number of benzene rings is 2. The summed E-state index contributed by atoms with van der Waals surface area (Å²) >= 11 is 0. The van der Waals surface area contributed by atoms with E-state index in [0.717, 1.165) is 49.9 Å². The van der Waals surface area contributed by atoms with Gasteiger partial charge in [-0.15, -0.1) is 10.2 Å². The van der Waals surface area contributed by atoms with Crippen molar-refractivity contribution in [1.82, 2.24) is 19.7 Å². The third-order valence-electron chi connectivity index (χ3n) is 6.14. The Balaban J connectivity index is 1.26. The Hall–Kier alpha value is -3.19. The van der Waals surface area contributed by atoms with E-state index in [2.05, 4.69) is 32.5 Å². The van der Waals surface area contributed by atoms with Crippen molar-refractivity contribution in [2.45, 2.75) is 19.5 Å². The van der Waals surface area contributed by atoms with Crippen molar-refractivity contribution in [1.29, 1.82) is 0 Å². The second kappa shape index (κ2) is 7.91. The molecule has 154 valence electrons. The molecule has 1 N–H and O–H groups in total. The van der Waals surface area contributed by atoms with E-state index in [9.17, 15) is 4.79 Å². The highest BCUT2D eigenvalue weighted by atomic mass is 16.5. The normalized spacial score (nSPS) is 20.4. The number of carbonyl (C=O) groups excluding carboxylic acids is 1. The highest BCUT2D eigenvalue weighted by Crippen LogP contribution is 2.33. The van der Waals surface area contributed by atoms with Crippen LogP contribution in [0.15, 0.2) is 54.6 Å². The Labute approximate surface area is 175 Å². The van der Waals surface area contributed by atoms with Crippen molar-refractivity contribution < 1.29 is 9.53 Å². The maximum Gasteiger partial charge on any atom is 0.293 e. The molecule has 1 saturated heterocycles. The lowest BCUT2D eigenvalue weighted by molar-refractivity contribution is 0.100. The second-order valence-corrected chi connectivity index (χ2v) is 8.14. The van der Waals surface area contributed by atoms with Gasteiger partial charge in [0.1, 0.15) is 11.6 Å². The number of methoxy groups -OCH3 is 1. The number of aromatic nitrogens is 3. The number of carbonyl (C=O) groups is 1. The molecular weight excluding hydrogens is 378 g/mol. The first-order chi connectivity index (χ1) is 14.7. The van der Waals surface area contributed by atoms with Crippen LogP contribution < -0.4 is 10.1 Å². The maximum atomic E-state index is 12.7. The number of fused-ring (bicyclic) bond motifs is 2. The molecule has 0 aliphatic carbocycles. The Bertz CT molecular complexity index is 1030. The van der Waals surface area contributed by atoms with Gasteiger partial charge in [-0.2, -0.15) is 0 Å². The molecule has 1 amide bonds. The van der Waals surface area contributed by atoms with Gasteiger partial charge >= 0.3 is 0 Å². The van der Waals surface area contributed by atoms with Gasteiger partial charge in [0, 0.05) is 38.3 Å². The summed E-state index contributed by atoms with van der Waals surface area (Å²) in [6, 6.07) is 17.7. The van der Waals surface area contributed by atoms with Crippen LogP contribution in [0, 0.1) is 11.8 Å². The van der Waals surface area contributed by atoms with Gasteiger partial charge in [0.05, 0.1) is 7.11 Å². The maximum absolute atomic E-state index is 12.7. The molecule has 5 rings (SSSR count). The molecule has 7 heteroatoms. The molecule has 0 saturated carbocycles. The monoisotopic (exact) mass is 403 g/mol. The number of anilines is 1. The molecule has 1 aromatic heterocycles. The fraction of sp³-hybridized carbons (Fsp3) is 0.348. The molecule has 1 fully saturated rings. The lowest BCUT2D eigenvalue weighted by Crippen LogP contribution is -2.31. The van der Waals surface area contributed by atoms with Gasteiger partial charge < -0.3 is 14.6 Å². The average Bonchev–Trinajstić information content (AvgIpc) is 3.36. The highest BCUT2D eigenvalue weighted by molar-refractivity contribution is 6.01. The quantitative estimate of drug-likeness (QED) is 0.709. The molecule has 0 bridgehead atoms. The number of likely N-dealkylation sites (tertiary alicyclic amines) is 1. The number of hydrogen-bond donors (Lipinski definition) is 1. The van der Waals surface area contributed by atoms with E-state index in [-0.39, 0.29) is 5.91 Å². The van der Waals surface area contributed by atoms with Gasteiger partial charge in [0.2, 0.25) is 5.82 Å². The van der Waals surface area contributed by atoms with Crippen LogP contribution >= 0.6 is 0 Å². The van der Waals surface area contributed by atoms with Gasteiger partial charge in [-0.3, -0.25) is 9.69 Å². The third-order valence-corrected chi connectivity index (χ3v) is 6.14. The molecule has 2 aliphatic rings. The zero-order valence-corrected chi connectivity index (χ0v) is 17.0. The number of ether oxygens (including phenoxy) is 1. The van der Waals surface area contributed by atoms with E-state index in [1.165, 1.54) is 5.56 Å². The first-order valence-electron chi connectivity index (χ1n) is 10.3. The molecular formula is C23H25N5O2. The van der Waals surface area contributed by atoms with Crippen LogP contribution in [-0.2, 0) is 19.5 Å². The number of nitrogens with one attached hydrogen (secondary N) is 1. The Kier molecular flexibility index (Phi) is 4.96. The summed E-state index contributed by atoms with van der Waals surface area (Å²) in [4.78, 5) is 15.2. The molecule has 30 heavy (non-hydrogen) atoms. The minimum absolute atomic E-state index is 0.202. The summed E-state index contributed by atoms with van der Waals surface area (Å²) in [6.45, 7) is 3.80. The van der Waals surface area contributed by atoms with Crippen molar-refractivity contribution >= 4 is 11.6 Å². The second-order valence-electron chi connectivity index (χ2n) is 8.14. The molecule has 0 unspecified atom stereocenters. The zero-order chi connectivity index (χ0) is 20.5. The van der Waals surface area contributed by atoms with Crippen LogP contribution in [0.1, 0.15) is 22.0 Å². The van der Waals surface area contributed by atoms with Crippen molar-refractivity contribution in [3.63, 3.8) is 0 Å². The highest BCUT2D eigenvalue weighted by Gasteiger charge is 2.39. The minimum atomic E-state index is -0.202. The number of amides is 1. The fourth-order valence-corrected chi connectivity index (χ4v) is 4.62. The third kappa shape index (κ3) is 3.68. The van der Waals surface area contributed by atoms with Crippen LogP contribution in [0.3, 0.4) is 0 Å². The minimum Gasteiger partial charge on any atom is -0.497 e. The summed E-state index contributed by atoms with van der Waals surface area (Å²) in [5.74, 6) is 3.07. The van der Waals surface area contributed by atoms with Crippen molar-refractivity contribution in [3.8, 4) is 5.75 Å². The van der Waals surface area contributed by atoms with Gasteiger partial charge in [-0.25, -0.2) is 0 Å². The van der Waals surface area contributed by atoms with Crippen LogP contribution in [0.4, 0.5) is 5.69 Å². The molecule has 2 aliphatic heterocycles. The lowest BCUT2D eigenvalue weighted by Gasteiger charge is -2.25. The van der Waals surface area contributed by atoms with E-state index < -0.39 is 0 Å². The van der Waals surface area contributed by atoms with E-state index in [4.69, 9.17) is 4.74 Å². The zero-order valence-electron chi connectivity index (χ0n) is 17.0. The fourth-order valence-electron chi connectivity index (χ4n) is 4.62. The predicted octanol–water partition coefficient (Wildman–Crippen LogP) is 2.84. The summed E-state index contributed by atoms with van der Waals surface area (Å²) in [6.07, 6.45) is 0.870. The standard InChI is InChI=1S/C23H25N5O2/c1-30-20-9-7-16(8-10-20)12-27-13-17-11-21-25-26-22(28(21)15-18(17)14-27)23(29)24-19-5-3-2-4-6-19/h2-10,17-18H,11-15H2,1H3,(H,24,29)/t17-,18-/m1/s1. The van der Waals surface area contributed by atoms with Crippen LogP contribution in [0.2, 0.25) is 0 Å². The first kappa shape index (κ1) is 18.8. The summed E-state index contributed by atoms with van der Waals surface area (Å²) in [5, 5.41) is 11.4. The average molecular weight is 403 g/mol. The van der Waals surface area contributed by atoms with Crippen molar-refractivity contribution in [2.24, 2.45) is 11.8 Å². The van der Waals surface area contributed by atoms with Crippen LogP contribution in [-0.4, -0.2) is 45.8 Å². The van der Waals surface area contributed by atoms with Gasteiger partial charge in [-0.1, -0.05) is 30.3 Å². The van der Waals surface area contributed by atoms with E-state index in [1.807, 2.05) is 47.0 Å². The summed E-state index contributed by atoms with van der Waals surface area (Å²) in [5.41, 5.74) is 2.05. The number of nitrogens with zero attached hydrogens (tertiary/aromatic N) is 4. The molecule has 2 atom stereocenters. The molecule has 7 nitrogen and oxygen atoms in total. The van der Waals surface area contributed by atoms with Gasteiger partial charge in [0.25, 0.3) is 5.91 Å². The van der Waals surface area contributed by atoms with Gasteiger partial charge in [0.15, 0.2) is 0 Å². The molecule has 0 radical (unpaired) electrons. The Morgan fingerprint density at radius 1 is 1.03 bits per heavy atom. The first-order valence-corrected chi connectivity index (χ1v) is 10.3. The SMILES string of the molecule is COc1ccc(CN2C[C@H]3Cc4nnc(C(=O)Nc5ccccc5)n4C[C@H]3C2)cc1. The molecule has 3 heterocycles. The molecule has 0 spiro atoms. The Morgan fingerprint density at radius 3 is 2.57 bits per heavy atom. The Morgan fingerprint density at radius 2 is 1.80 bits per heavy atom. The predicted molar refractivity (Wildman–Crippen MR) is 113 cm³/mol. The topological polar surface area (TPSA) is 72.3 Å². The number of hydrogen-bond acceptors (Lipinski definition) is 5. The van der Waals surface area contributed by atoms with Crippen molar-refractivity contribution in [2.75, 3.05) is 25.5 Å². The molecule has 3 aromatic rings. The lowest BCUT2D eigenvalue weighted by atomic mass is 9.89. The summed E-state index contributed by atoms with van der Waals surface area (Å²) < 4.78 is 7.26. The van der Waals surface area contributed by atoms with Crippen LogP contribution in [0.5, 0.6) is 5.75 Å². The smallest absolute Gasteiger partial charge is 0.293 e. The largest absolute Gasteiger partial charge is 0.497 e. The molecule has 2 aromatic carbocycles. The number of para-hydroxylation sites is 1. The van der Waals surface area contributed by atoms with E-state index in [0.29, 0.717) is 17.7 Å². The number of rotatable bonds is 5.